The number of aryl methyl sites for hydroxylation is 1. The lowest BCUT2D eigenvalue weighted by atomic mass is 9.91. The van der Waals surface area contributed by atoms with Crippen LogP contribution < -0.4 is 0 Å². The van der Waals surface area contributed by atoms with Crippen molar-refractivity contribution in [3.05, 3.63) is 58.7 Å². The van der Waals surface area contributed by atoms with Gasteiger partial charge in [-0.25, -0.2) is 0 Å². The minimum absolute atomic E-state index is 0.103. The van der Waals surface area contributed by atoms with E-state index >= 15 is 0 Å². The predicted octanol–water partition coefficient (Wildman–Crippen LogP) is 2.38. The first-order valence-electron chi connectivity index (χ1n) is 6.62. The highest BCUT2D eigenvalue weighted by Gasteiger charge is 2.28. The Bertz CT molecular complexity index is 704. The molecule has 2 aliphatic carbocycles. The van der Waals surface area contributed by atoms with E-state index in [4.69, 9.17) is 0 Å². The van der Waals surface area contributed by atoms with Crippen LogP contribution in [0.25, 0.3) is 11.1 Å². The first kappa shape index (κ1) is 10.9. The number of hydrogen-bond donors (Lipinski definition) is 1. The summed E-state index contributed by atoms with van der Waals surface area (Å²) in [7, 11) is 0. The van der Waals surface area contributed by atoms with E-state index in [-0.39, 0.29) is 6.61 Å². The van der Waals surface area contributed by atoms with E-state index in [2.05, 4.69) is 22.1 Å². The van der Waals surface area contributed by atoms with Crippen molar-refractivity contribution in [1.82, 2.24) is 9.97 Å². The molecule has 1 heterocycles. The van der Waals surface area contributed by atoms with E-state index in [0.717, 1.165) is 36.2 Å². The van der Waals surface area contributed by atoms with E-state index in [1.165, 1.54) is 22.3 Å². The van der Waals surface area contributed by atoms with Crippen LogP contribution in [0, 0.1) is 0 Å². The Kier molecular flexibility index (Phi) is 2.29. The predicted molar refractivity (Wildman–Crippen MR) is 73.2 cm³/mol. The molecule has 94 valence electrons. The average Bonchev–Trinajstić information content (AvgIpc) is 2.85. The first-order valence-corrected chi connectivity index (χ1v) is 6.62. The zero-order chi connectivity index (χ0) is 12.8. The molecule has 1 N–H and O–H groups in total. The van der Waals surface area contributed by atoms with Gasteiger partial charge in [0.2, 0.25) is 0 Å². The van der Waals surface area contributed by atoms with Gasteiger partial charge in [0, 0.05) is 18.8 Å². The van der Waals surface area contributed by atoms with Crippen LogP contribution in [-0.4, -0.2) is 15.1 Å². The van der Waals surface area contributed by atoms with Gasteiger partial charge in [0.25, 0.3) is 0 Å². The van der Waals surface area contributed by atoms with Gasteiger partial charge in [-0.1, -0.05) is 12.1 Å². The summed E-state index contributed by atoms with van der Waals surface area (Å²) in [6.07, 6.45) is 6.49. The molecule has 0 radical (unpaired) electrons. The lowest BCUT2D eigenvalue weighted by Gasteiger charge is -2.16. The summed E-state index contributed by atoms with van der Waals surface area (Å²) in [5.41, 5.74) is 8.57. The Hall–Kier alpha value is -2.00. The largest absolute Gasteiger partial charge is 0.392 e. The highest BCUT2D eigenvalue weighted by molar-refractivity contribution is 5.98. The molecule has 4 rings (SSSR count). The van der Waals surface area contributed by atoms with Crippen LogP contribution in [-0.2, 0) is 19.4 Å². The van der Waals surface area contributed by atoms with Crippen LogP contribution in [0.1, 0.15) is 34.5 Å². The fourth-order valence-electron chi connectivity index (χ4n) is 3.17. The van der Waals surface area contributed by atoms with Crippen molar-refractivity contribution in [1.29, 1.82) is 0 Å². The Balaban J connectivity index is 1.89. The molecular formula is C16H14N2O. The number of benzene rings is 1. The number of aromatic nitrogens is 2. The maximum atomic E-state index is 9.28. The maximum Gasteiger partial charge on any atom is 0.0883 e. The van der Waals surface area contributed by atoms with Crippen molar-refractivity contribution in [3.63, 3.8) is 0 Å². The standard InChI is InChI=1S/C16H14N2O/c19-9-10-1-2-11-8-14-12(13(11)7-10)3-4-15-16(14)18-6-5-17-15/h1-2,5-7,19H,3-4,8-9H2. The molecule has 0 unspecified atom stereocenters. The summed E-state index contributed by atoms with van der Waals surface area (Å²) in [5, 5.41) is 9.28. The molecule has 0 saturated heterocycles. The van der Waals surface area contributed by atoms with Crippen LogP contribution in [0.4, 0.5) is 0 Å². The summed E-state index contributed by atoms with van der Waals surface area (Å²) in [4.78, 5) is 8.96. The average molecular weight is 250 g/mol. The van der Waals surface area contributed by atoms with Gasteiger partial charge in [-0.05, 0) is 46.7 Å². The second-order valence-corrected chi connectivity index (χ2v) is 5.14. The van der Waals surface area contributed by atoms with Crippen LogP contribution in [0.5, 0.6) is 0 Å². The van der Waals surface area contributed by atoms with Gasteiger partial charge in [0.05, 0.1) is 18.0 Å². The smallest absolute Gasteiger partial charge is 0.0883 e. The summed E-state index contributed by atoms with van der Waals surface area (Å²) in [5.74, 6) is 0. The Labute approximate surface area is 111 Å². The zero-order valence-electron chi connectivity index (χ0n) is 10.6. The van der Waals surface area contributed by atoms with E-state index in [9.17, 15) is 5.11 Å². The van der Waals surface area contributed by atoms with Crippen LogP contribution >= 0.6 is 0 Å². The molecule has 2 aliphatic rings. The lowest BCUT2D eigenvalue weighted by Crippen LogP contribution is -2.06. The van der Waals surface area contributed by atoms with Gasteiger partial charge in [0.15, 0.2) is 0 Å². The van der Waals surface area contributed by atoms with E-state index < -0.39 is 0 Å². The number of aliphatic hydroxyl groups excluding tert-OH is 1. The first-order chi connectivity index (χ1) is 9.36. The van der Waals surface area contributed by atoms with Crippen molar-refractivity contribution in [2.45, 2.75) is 25.9 Å². The number of rotatable bonds is 1. The zero-order valence-corrected chi connectivity index (χ0v) is 10.6. The molecule has 1 aromatic heterocycles. The highest BCUT2D eigenvalue weighted by atomic mass is 16.3. The summed E-state index contributed by atoms with van der Waals surface area (Å²) in [6.45, 7) is 0.103. The fraction of sp³-hybridized carbons (Fsp3) is 0.250. The van der Waals surface area contributed by atoms with Gasteiger partial charge >= 0.3 is 0 Å². The molecular weight excluding hydrogens is 236 g/mol. The number of nitrogens with zero attached hydrogens (tertiary/aromatic N) is 2. The molecule has 19 heavy (non-hydrogen) atoms. The van der Waals surface area contributed by atoms with Gasteiger partial charge in [-0.15, -0.1) is 0 Å². The summed E-state index contributed by atoms with van der Waals surface area (Å²) >= 11 is 0. The molecule has 3 nitrogen and oxygen atoms in total. The topological polar surface area (TPSA) is 46.0 Å². The quantitative estimate of drug-likeness (QED) is 0.845. The molecule has 0 aliphatic heterocycles. The van der Waals surface area contributed by atoms with Crippen molar-refractivity contribution < 1.29 is 5.11 Å². The normalized spacial score (nSPS) is 16.1. The van der Waals surface area contributed by atoms with Crippen molar-refractivity contribution >= 4 is 11.1 Å². The Morgan fingerprint density at radius 1 is 1.05 bits per heavy atom. The number of aliphatic hydroxyl groups is 1. The molecule has 3 heteroatoms. The van der Waals surface area contributed by atoms with Crippen molar-refractivity contribution in [2.75, 3.05) is 0 Å². The molecule has 0 fully saturated rings. The molecule has 0 atom stereocenters. The SMILES string of the molecule is OCc1ccc2c(c1)C1=C(C2)c2nccnc2CC1. The molecule has 1 aromatic carbocycles. The molecule has 0 saturated carbocycles. The number of hydrogen-bond acceptors (Lipinski definition) is 3. The van der Waals surface area contributed by atoms with Crippen LogP contribution in [0.3, 0.4) is 0 Å². The highest BCUT2D eigenvalue weighted by Crippen LogP contribution is 2.43. The second-order valence-electron chi connectivity index (χ2n) is 5.14. The van der Waals surface area contributed by atoms with Crippen LogP contribution in [0.15, 0.2) is 30.6 Å². The van der Waals surface area contributed by atoms with Gasteiger partial charge in [0.1, 0.15) is 0 Å². The summed E-state index contributed by atoms with van der Waals surface area (Å²) < 4.78 is 0. The van der Waals surface area contributed by atoms with Gasteiger partial charge in [-0.3, -0.25) is 9.97 Å². The van der Waals surface area contributed by atoms with E-state index in [1.807, 2.05) is 6.07 Å². The maximum absolute atomic E-state index is 9.28. The van der Waals surface area contributed by atoms with Gasteiger partial charge < -0.3 is 5.11 Å². The van der Waals surface area contributed by atoms with Gasteiger partial charge in [-0.2, -0.15) is 0 Å². The number of allylic oxidation sites excluding steroid dienone is 2. The third kappa shape index (κ3) is 1.55. The Morgan fingerprint density at radius 3 is 2.84 bits per heavy atom. The minimum Gasteiger partial charge on any atom is -0.392 e. The third-order valence-corrected chi connectivity index (χ3v) is 4.09. The fourth-order valence-corrected chi connectivity index (χ4v) is 3.17. The molecule has 0 bridgehead atoms. The Morgan fingerprint density at radius 2 is 1.95 bits per heavy atom. The van der Waals surface area contributed by atoms with E-state index in [1.54, 1.807) is 12.4 Å². The molecule has 2 aromatic rings. The lowest BCUT2D eigenvalue weighted by molar-refractivity contribution is 0.282. The second kappa shape index (κ2) is 4.00. The third-order valence-electron chi connectivity index (χ3n) is 4.09. The minimum atomic E-state index is 0.103. The molecule has 0 amide bonds. The van der Waals surface area contributed by atoms with Crippen molar-refractivity contribution in [3.8, 4) is 0 Å². The van der Waals surface area contributed by atoms with Crippen LogP contribution in [0.2, 0.25) is 0 Å². The van der Waals surface area contributed by atoms with Crippen molar-refractivity contribution in [2.24, 2.45) is 0 Å². The summed E-state index contributed by atoms with van der Waals surface area (Å²) in [6, 6.07) is 6.27. The molecule has 0 spiro atoms. The van der Waals surface area contributed by atoms with E-state index in [0.29, 0.717) is 0 Å². The monoisotopic (exact) mass is 250 g/mol. The number of fused-ring (bicyclic) bond motifs is 4.